The van der Waals surface area contributed by atoms with Gasteiger partial charge in [0.25, 0.3) is 0 Å². The fourth-order valence-corrected chi connectivity index (χ4v) is 4.84. The van der Waals surface area contributed by atoms with Crippen molar-refractivity contribution in [3.63, 3.8) is 0 Å². The monoisotopic (exact) mass is 487 g/mol. The Morgan fingerprint density at radius 3 is 2.42 bits per heavy atom. The minimum atomic E-state index is -0.222. The number of aromatic nitrogens is 1. The van der Waals surface area contributed by atoms with Gasteiger partial charge in [0.05, 0.1) is 0 Å². The van der Waals surface area contributed by atoms with E-state index in [-0.39, 0.29) is 5.82 Å². The van der Waals surface area contributed by atoms with E-state index in [9.17, 15) is 4.39 Å². The lowest BCUT2D eigenvalue weighted by Crippen LogP contribution is -2.21. The van der Waals surface area contributed by atoms with Gasteiger partial charge >= 0.3 is 0 Å². The van der Waals surface area contributed by atoms with Gasteiger partial charge in [0.2, 0.25) is 0 Å². The summed E-state index contributed by atoms with van der Waals surface area (Å²) in [6.45, 7) is 12.6. The molecule has 0 aliphatic carbocycles. The predicted molar refractivity (Wildman–Crippen MR) is 152 cm³/mol. The number of hydrogen-bond acceptors (Lipinski definition) is 3. The molecule has 0 amide bonds. The van der Waals surface area contributed by atoms with Crippen molar-refractivity contribution in [2.75, 3.05) is 18.4 Å². The van der Waals surface area contributed by atoms with Crippen LogP contribution in [0.4, 0.5) is 10.1 Å². The molecule has 1 heterocycles. The Morgan fingerprint density at radius 1 is 0.944 bits per heavy atom. The number of allylic oxidation sites excluding steroid dienone is 1. The summed E-state index contributed by atoms with van der Waals surface area (Å²) in [5.41, 5.74) is 11.2. The molecule has 3 nitrogen and oxygen atoms in total. The minimum Gasteiger partial charge on any atom is -0.359 e. The van der Waals surface area contributed by atoms with Crippen LogP contribution in [0.1, 0.15) is 73.5 Å². The molecule has 0 fully saturated rings. The van der Waals surface area contributed by atoms with E-state index in [0.29, 0.717) is 0 Å². The number of hydrogen-bond donors (Lipinski definition) is 2. The van der Waals surface area contributed by atoms with Gasteiger partial charge in [-0.2, -0.15) is 0 Å². The highest BCUT2D eigenvalue weighted by Gasteiger charge is 2.13. The Hall–Kier alpha value is -2.98. The number of nitrogens with one attached hydrogen (secondary N) is 2. The summed E-state index contributed by atoms with van der Waals surface area (Å²) < 4.78 is 13.4. The molecule has 0 aliphatic heterocycles. The summed E-state index contributed by atoms with van der Waals surface area (Å²) in [7, 11) is 0. The highest BCUT2D eigenvalue weighted by atomic mass is 19.1. The second-order valence-corrected chi connectivity index (χ2v) is 9.54. The third kappa shape index (κ3) is 7.51. The van der Waals surface area contributed by atoms with E-state index >= 15 is 0 Å². The molecule has 0 radical (unpaired) electrons. The zero-order valence-electron chi connectivity index (χ0n) is 22.7. The first-order chi connectivity index (χ1) is 17.5. The zero-order valence-corrected chi connectivity index (χ0v) is 22.7. The fourth-order valence-electron chi connectivity index (χ4n) is 4.84. The number of nitrogens with zero attached hydrogens (tertiary/aromatic N) is 1. The van der Waals surface area contributed by atoms with Crippen molar-refractivity contribution in [1.82, 2.24) is 10.3 Å². The van der Waals surface area contributed by atoms with Gasteiger partial charge in [-0.15, -0.1) is 0 Å². The molecule has 36 heavy (non-hydrogen) atoms. The average molecular weight is 488 g/mol. The smallest absolute Gasteiger partial charge is 0.123 e. The standard InChI is InChI=1S/C32H42FN3/c1-6-10-25-18-20-35-32(28(25)7-2)11-9-19-34-22-30(29-21-23(4)12-13-24(29)5)31(8-3)36-27-16-14-26(33)15-17-27/h12-18,20-21,34,36H,6-11,19,22H2,1-5H3/b31-30-. The molecule has 0 spiro atoms. The third-order valence-corrected chi connectivity index (χ3v) is 6.76. The highest BCUT2D eigenvalue weighted by Crippen LogP contribution is 2.26. The molecule has 0 atom stereocenters. The van der Waals surface area contributed by atoms with E-state index in [1.54, 1.807) is 12.1 Å². The van der Waals surface area contributed by atoms with Crippen LogP contribution < -0.4 is 10.6 Å². The van der Waals surface area contributed by atoms with Crippen LogP contribution in [0.5, 0.6) is 0 Å². The maximum Gasteiger partial charge on any atom is 0.123 e. The Morgan fingerprint density at radius 2 is 1.72 bits per heavy atom. The first-order valence-corrected chi connectivity index (χ1v) is 13.4. The molecule has 2 aromatic carbocycles. The maximum atomic E-state index is 13.4. The van der Waals surface area contributed by atoms with E-state index in [4.69, 9.17) is 4.98 Å². The van der Waals surface area contributed by atoms with Crippen molar-refractivity contribution >= 4 is 11.3 Å². The van der Waals surface area contributed by atoms with Crippen LogP contribution in [-0.4, -0.2) is 18.1 Å². The molecular formula is C32H42FN3. The van der Waals surface area contributed by atoms with E-state index in [1.165, 1.54) is 51.2 Å². The molecule has 4 heteroatoms. The second kappa shape index (κ2) is 13.9. The number of pyridine rings is 1. The van der Waals surface area contributed by atoms with E-state index in [0.717, 1.165) is 63.0 Å². The Kier molecular flexibility index (Phi) is 10.7. The molecule has 3 aromatic rings. The average Bonchev–Trinajstić information content (AvgIpc) is 2.88. The number of anilines is 1. The third-order valence-electron chi connectivity index (χ3n) is 6.76. The quantitative estimate of drug-likeness (QED) is 0.241. The molecule has 3 rings (SSSR count). The number of aryl methyl sites for hydroxylation is 4. The normalized spacial score (nSPS) is 11.9. The molecule has 0 saturated heterocycles. The molecule has 0 saturated carbocycles. The van der Waals surface area contributed by atoms with Crippen molar-refractivity contribution in [3.05, 3.63) is 99.8 Å². The fraction of sp³-hybridized carbons (Fsp3) is 0.406. The lowest BCUT2D eigenvalue weighted by molar-refractivity contribution is 0.628. The van der Waals surface area contributed by atoms with Crippen LogP contribution in [-0.2, 0) is 19.3 Å². The largest absolute Gasteiger partial charge is 0.359 e. The minimum absolute atomic E-state index is 0.222. The SMILES string of the molecule is CCCc1ccnc(CCCNC/C(=C(\CC)Nc2ccc(F)cc2)c2cc(C)ccc2C)c1CC. The van der Waals surface area contributed by atoms with Crippen LogP contribution in [0, 0.1) is 19.7 Å². The maximum absolute atomic E-state index is 13.4. The molecule has 0 unspecified atom stereocenters. The van der Waals surface area contributed by atoms with Crippen molar-refractivity contribution in [2.45, 2.75) is 73.1 Å². The lowest BCUT2D eigenvalue weighted by Gasteiger charge is -2.20. The lowest BCUT2D eigenvalue weighted by atomic mass is 9.95. The first kappa shape index (κ1) is 27.6. The molecular weight excluding hydrogens is 445 g/mol. The summed E-state index contributed by atoms with van der Waals surface area (Å²) in [6, 6.07) is 15.4. The number of benzene rings is 2. The van der Waals surface area contributed by atoms with E-state index in [2.05, 4.69) is 69.5 Å². The van der Waals surface area contributed by atoms with Gasteiger partial charge in [-0.1, -0.05) is 51.0 Å². The Bertz CT molecular complexity index is 1150. The van der Waals surface area contributed by atoms with E-state index < -0.39 is 0 Å². The van der Waals surface area contributed by atoms with Crippen LogP contribution in [0.2, 0.25) is 0 Å². The van der Waals surface area contributed by atoms with Crippen LogP contribution in [0.25, 0.3) is 5.57 Å². The van der Waals surface area contributed by atoms with Gasteiger partial charge in [0.15, 0.2) is 0 Å². The Balaban J connectivity index is 1.75. The van der Waals surface area contributed by atoms with Gasteiger partial charge in [-0.25, -0.2) is 4.39 Å². The predicted octanol–water partition coefficient (Wildman–Crippen LogP) is 7.81. The molecule has 192 valence electrons. The Labute approximate surface area is 217 Å². The van der Waals surface area contributed by atoms with Crippen LogP contribution in [0.15, 0.2) is 60.4 Å². The first-order valence-electron chi connectivity index (χ1n) is 13.4. The van der Waals surface area contributed by atoms with E-state index in [1.807, 2.05) is 6.20 Å². The molecule has 2 N–H and O–H groups in total. The van der Waals surface area contributed by atoms with Crippen molar-refractivity contribution in [1.29, 1.82) is 0 Å². The highest BCUT2D eigenvalue weighted by molar-refractivity contribution is 5.75. The summed E-state index contributed by atoms with van der Waals surface area (Å²) >= 11 is 0. The molecule has 0 aliphatic rings. The van der Waals surface area contributed by atoms with Crippen LogP contribution >= 0.6 is 0 Å². The summed E-state index contributed by atoms with van der Waals surface area (Å²) in [4.78, 5) is 4.71. The molecule has 1 aromatic heterocycles. The summed E-state index contributed by atoms with van der Waals surface area (Å²) in [5.74, 6) is -0.222. The number of halogens is 1. The summed E-state index contributed by atoms with van der Waals surface area (Å²) in [6.07, 6.45) is 8.20. The van der Waals surface area contributed by atoms with Crippen molar-refractivity contribution < 1.29 is 4.39 Å². The van der Waals surface area contributed by atoms with Gasteiger partial charge in [0.1, 0.15) is 5.82 Å². The summed E-state index contributed by atoms with van der Waals surface area (Å²) in [5, 5.41) is 7.27. The molecule has 0 bridgehead atoms. The topological polar surface area (TPSA) is 37.0 Å². The van der Waals surface area contributed by atoms with Crippen LogP contribution in [0.3, 0.4) is 0 Å². The van der Waals surface area contributed by atoms with Crippen molar-refractivity contribution in [3.8, 4) is 0 Å². The zero-order chi connectivity index (χ0) is 25.9. The van der Waals surface area contributed by atoms with Gasteiger partial charge in [0, 0.05) is 29.8 Å². The van der Waals surface area contributed by atoms with Gasteiger partial charge in [-0.3, -0.25) is 4.98 Å². The van der Waals surface area contributed by atoms with Gasteiger partial charge in [-0.05, 0) is 111 Å². The number of rotatable bonds is 13. The second-order valence-electron chi connectivity index (χ2n) is 9.54. The van der Waals surface area contributed by atoms with Crippen molar-refractivity contribution in [2.24, 2.45) is 0 Å². The van der Waals surface area contributed by atoms with Gasteiger partial charge < -0.3 is 10.6 Å².